The van der Waals surface area contributed by atoms with E-state index in [2.05, 4.69) is 53.3 Å². The number of ether oxygens (including phenoxy) is 1. The van der Waals surface area contributed by atoms with E-state index < -0.39 is 0 Å². The van der Waals surface area contributed by atoms with Gasteiger partial charge >= 0.3 is 0 Å². The third-order valence-corrected chi connectivity index (χ3v) is 4.14. The lowest BCUT2D eigenvalue weighted by atomic mass is 9.91. The average Bonchev–Trinajstić information content (AvgIpc) is 2.32. The molecular formula is C13H19IN2O2. The fourth-order valence-corrected chi connectivity index (χ4v) is 3.19. The van der Waals surface area contributed by atoms with Gasteiger partial charge in [0.05, 0.1) is 12.3 Å². The average molecular weight is 362 g/mol. The molecule has 5 heteroatoms. The van der Waals surface area contributed by atoms with Crippen LogP contribution < -0.4 is 5.56 Å². The number of nitrogens with one attached hydrogen (secondary N) is 1. The lowest BCUT2D eigenvalue weighted by Gasteiger charge is -2.24. The number of H-pyrrole nitrogens is 1. The van der Waals surface area contributed by atoms with Crippen molar-refractivity contribution < 1.29 is 4.74 Å². The van der Waals surface area contributed by atoms with Crippen molar-refractivity contribution in [3.05, 3.63) is 25.4 Å². The molecule has 0 aromatic carbocycles. The highest BCUT2D eigenvalue weighted by Crippen LogP contribution is 2.27. The molecule has 0 saturated carbocycles. The van der Waals surface area contributed by atoms with Gasteiger partial charge in [0.25, 0.3) is 5.56 Å². The predicted octanol–water partition coefficient (Wildman–Crippen LogP) is 2.57. The van der Waals surface area contributed by atoms with Gasteiger partial charge in [-0.2, -0.15) is 0 Å². The molecule has 0 bridgehead atoms. The summed E-state index contributed by atoms with van der Waals surface area (Å²) in [5.74, 6) is 1.01. The monoisotopic (exact) mass is 362 g/mol. The Balaban J connectivity index is 2.44. The summed E-state index contributed by atoms with van der Waals surface area (Å²) in [6, 6.07) is 0. The number of nitrogens with zero attached hydrogens (tertiary/aromatic N) is 1. The Labute approximate surface area is 121 Å². The molecule has 0 aliphatic carbocycles. The van der Waals surface area contributed by atoms with E-state index in [1.54, 1.807) is 0 Å². The van der Waals surface area contributed by atoms with Crippen LogP contribution in [0.3, 0.4) is 0 Å². The summed E-state index contributed by atoms with van der Waals surface area (Å²) in [5.41, 5.74) is 0.734. The van der Waals surface area contributed by atoms with E-state index in [0.29, 0.717) is 10.2 Å². The molecule has 1 N–H and O–H groups in total. The van der Waals surface area contributed by atoms with Crippen LogP contribution in [-0.2, 0) is 10.2 Å². The summed E-state index contributed by atoms with van der Waals surface area (Å²) >= 11 is 2.08. The third-order valence-electron chi connectivity index (χ3n) is 3.14. The van der Waals surface area contributed by atoms with Crippen molar-refractivity contribution in [3.8, 4) is 0 Å². The lowest BCUT2D eigenvalue weighted by molar-refractivity contribution is 0.0778. The first-order valence-electron chi connectivity index (χ1n) is 6.27. The Kier molecular flexibility index (Phi) is 4.11. The van der Waals surface area contributed by atoms with E-state index in [0.717, 1.165) is 31.0 Å². The molecule has 1 unspecified atom stereocenters. The molecule has 18 heavy (non-hydrogen) atoms. The summed E-state index contributed by atoms with van der Waals surface area (Å²) in [4.78, 5) is 19.6. The quantitative estimate of drug-likeness (QED) is 0.782. The molecular weight excluding hydrogens is 343 g/mol. The SMILES string of the molecule is CC(C)(C)c1nc(C2CCCOC2)[nH]c(=O)c1I. The van der Waals surface area contributed by atoms with E-state index >= 15 is 0 Å². The van der Waals surface area contributed by atoms with E-state index in [1.807, 2.05) is 0 Å². The van der Waals surface area contributed by atoms with Crippen molar-refractivity contribution in [3.63, 3.8) is 0 Å². The Morgan fingerprint density at radius 3 is 2.72 bits per heavy atom. The first kappa shape index (κ1) is 14.0. The zero-order valence-electron chi connectivity index (χ0n) is 11.0. The number of halogens is 1. The van der Waals surface area contributed by atoms with Crippen molar-refractivity contribution in [1.29, 1.82) is 0 Å². The standard InChI is InChI=1S/C13H19IN2O2/c1-13(2,3)10-9(14)12(17)16-11(15-10)8-5-4-6-18-7-8/h8H,4-7H2,1-3H3,(H,15,16,17). The highest BCUT2D eigenvalue weighted by molar-refractivity contribution is 14.1. The van der Waals surface area contributed by atoms with E-state index in [4.69, 9.17) is 4.74 Å². The van der Waals surface area contributed by atoms with Gasteiger partial charge in [-0.3, -0.25) is 4.79 Å². The fourth-order valence-electron chi connectivity index (χ4n) is 2.12. The first-order chi connectivity index (χ1) is 8.39. The largest absolute Gasteiger partial charge is 0.381 e. The first-order valence-corrected chi connectivity index (χ1v) is 7.35. The molecule has 1 aliphatic rings. The van der Waals surface area contributed by atoms with Crippen LogP contribution in [0.25, 0.3) is 0 Å². The van der Waals surface area contributed by atoms with Crippen molar-refractivity contribution in [1.82, 2.24) is 9.97 Å². The van der Waals surface area contributed by atoms with Crippen LogP contribution in [0.5, 0.6) is 0 Å². The highest BCUT2D eigenvalue weighted by atomic mass is 127. The number of hydrogen-bond donors (Lipinski definition) is 1. The van der Waals surface area contributed by atoms with Crippen LogP contribution in [0.2, 0.25) is 0 Å². The minimum absolute atomic E-state index is 0.0314. The molecule has 0 spiro atoms. The number of aromatic amines is 1. The molecule has 4 nitrogen and oxygen atoms in total. The Bertz CT molecular complexity index is 485. The molecule has 2 rings (SSSR count). The molecule has 1 aromatic rings. The normalized spacial score (nSPS) is 21.0. The van der Waals surface area contributed by atoms with Crippen LogP contribution in [0, 0.1) is 3.57 Å². The minimum Gasteiger partial charge on any atom is -0.381 e. The summed E-state index contributed by atoms with van der Waals surface area (Å²) in [7, 11) is 0. The van der Waals surface area contributed by atoms with Crippen LogP contribution in [0.15, 0.2) is 4.79 Å². The second kappa shape index (κ2) is 5.28. The summed E-state index contributed by atoms with van der Waals surface area (Å²) in [6.45, 7) is 7.72. The van der Waals surface area contributed by atoms with Gasteiger partial charge < -0.3 is 9.72 Å². The van der Waals surface area contributed by atoms with Crippen molar-refractivity contribution in [2.75, 3.05) is 13.2 Å². The molecule has 0 amide bonds. The van der Waals surface area contributed by atoms with E-state index in [9.17, 15) is 4.79 Å². The predicted molar refractivity (Wildman–Crippen MR) is 79.1 cm³/mol. The zero-order chi connectivity index (χ0) is 13.3. The number of aromatic nitrogens is 2. The maximum Gasteiger partial charge on any atom is 0.264 e. The third kappa shape index (κ3) is 2.93. The number of rotatable bonds is 1. The fraction of sp³-hybridized carbons (Fsp3) is 0.692. The zero-order valence-corrected chi connectivity index (χ0v) is 13.2. The van der Waals surface area contributed by atoms with Gasteiger partial charge in [0, 0.05) is 17.9 Å². The molecule has 1 saturated heterocycles. The molecule has 0 radical (unpaired) electrons. The van der Waals surface area contributed by atoms with Crippen LogP contribution in [0.1, 0.15) is 51.0 Å². The Morgan fingerprint density at radius 1 is 1.44 bits per heavy atom. The Hall–Kier alpha value is -0.430. The van der Waals surface area contributed by atoms with Gasteiger partial charge in [-0.1, -0.05) is 20.8 Å². The second-order valence-corrected chi connectivity index (χ2v) is 6.86. The molecule has 1 aromatic heterocycles. The highest BCUT2D eigenvalue weighted by Gasteiger charge is 2.25. The van der Waals surface area contributed by atoms with Gasteiger partial charge in [-0.15, -0.1) is 0 Å². The van der Waals surface area contributed by atoms with Crippen molar-refractivity contribution in [2.45, 2.75) is 44.9 Å². The van der Waals surface area contributed by atoms with E-state index in [-0.39, 0.29) is 16.9 Å². The van der Waals surface area contributed by atoms with Gasteiger partial charge in [0.15, 0.2) is 0 Å². The number of hydrogen-bond acceptors (Lipinski definition) is 3. The lowest BCUT2D eigenvalue weighted by Crippen LogP contribution is -2.28. The molecule has 1 atom stereocenters. The smallest absolute Gasteiger partial charge is 0.264 e. The molecule has 1 fully saturated rings. The molecule has 100 valence electrons. The van der Waals surface area contributed by atoms with Crippen LogP contribution in [-0.4, -0.2) is 23.2 Å². The maximum absolute atomic E-state index is 12.0. The second-order valence-electron chi connectivity index (χ2n) is 5.78. The van der Waals surface area contributed by atoms with Crippen molar-refractivity contribution >= 4 is 22.6 Å². The molecule has 2 heterocycles. The van der Waals surface area contributed by atoms with Gasteiger partial charge in [-0.05, 0) is 35.4 Å². The van der Waals surface area contributed by atoms with Gasteiger partial charge in [0.1, 0.15) is 9.39 Å². The van der Waals surface area contributed by atoms with Gasteiger partial charge in [0.2, 0.25) is 0 Å². The molecule has 1 aliphatic heterocycles. The van der Waals surface area contributed by atoms with Gasteiger partial charge in [-0.25, -0.2) is 4.98 Å². The minimum atomic E-state index is -0.116. The Morgan fingerprint density at radius 2 is 2.17 bits per heavy atom. The van der Waals surface area contributed by atoms with Crippen molar-refractivity contribution in [2.24, 2.45) is 0 Å². The summed E-state index contributed by atoms with van der Waals surface area (Å²) < 4.78 is 6.16. The van der Waals surface area contributed by atoms with E-state index in [1.165, 1.54) is 0 Å². The summed E-state index contributed by atoms with van der Waals surface area (Å²) in [5, 5.41) is 0. The maximum atomic E-state index is 12.0. The van der Waals surface area contributed by atoms with Crippen LogP contribution in [0.4, 0.5) is 0 Å². The van der Waals surface area contributed by atoms with Crippen LogP contribution >= 0.6 is 22.6 Å². The topological polar surface area (TPSA) is 55.0 Å². The summed E-state index contributed by atoms with van der Waals surface area (Å²) in [6.07, 6.45) is 2.07.